The van der Waals surface area contributed by atoms with Crippen molar-refractivity contribution in [3.63, 3.8) is 0 Å². The van der Waals surface area contributed by atoms with Crippen molar-refractivity contribution in [1.82, 2.24) is 15.3 Å². The monoisotopic (exact) mass is 461 g/mol. The number of amides is 2. The van der Waals surface area contributed by atoms with E-state index in [1.54, 1.807) is 24.8 Å². The molecule has 2 saturated heterocycles. The molecule has 2 aliphatic rings. The first-order chi connectivity index (χ1) is 15.4. The largest absolute Gasteiger partial charge is 0.444 e. The zero-order chi connectivity index (χ0) is 24.5. The maximum absolute atomic E-state index is 13.1. The molecule has 11 nitrogen and oxygen atoms in total. The summed E-state index contributed by atoms with van der Waals surface area (Å²) in [5.41, 5.74) is 2.51. The maximum atomic E-state index is 13.1. The number of benzene rings is 1. The van der Waals surface area contributed by atoms with Crippen LogP contribution in [0.1, 0.15) is 51.4 Å². The molecule has 180 valence electrons. The van der Waals surface area contributed by atoms with Crippen molar-refractivity contribution >= 4 is 29.7 Å². The summed E-state index contributed by atoms with van der Waals surface area (Å²) in [6, 6.07) is 4.27. The van der Waals surface area contributed by atoms with E-state index in [0.717, 1.165) is 11.4 Å². The van der Waals surface area contributed by atoms with Crippen LogP contribution < -0.4 is 10.3 Å². The number of aldehydes is 1. The van der Waals surface area contributed by atoms with Crippen LogP contribution >= 0.6 is 0 Å². The molecule has 1 N–H and O–H groups in total. The van der Waals surface area contributed by atoms with Crippen molar-refractivity contribution in [2.24, 2.45) is 0 Å². The second-order valence-electron chi connectivity index (χ2n) is 9.65. The van der Waals surface area contributed by atoms with Crippen molar-refractivity contribution in [3.05, 3.63) is 33.9 Å². The van der Waals surface area contributed by atoms with E-state index in [9.17, 15) is 24.5 Å². The van der Waals surface area contributed by atoms with E-state index in [-0.39, 0.29) is 42.0 Å². The van der Waals surface area contributed by atoms with Crippen LogP contribution in [0.15, 0.2) is 18.2 Å². The Kier molecular flexibility index (Phi) is 6.92. The Morgan fingerprint density at radius 1 is 1.30 bits per heavy atom. The number of nitrogens with zero attached hydrogens (tertiary/aromatic N) is 4. The SMILES string of the molecule is CC(C)NN(CC=O)C(=O)c1cc(N2C[C@@H]3C[C@H]2CN3C(=O)OC(C)(C)C)ccc1[N+](=O)[O-]. The first-order valence-corrected chi connectivity index (χ1v) is 11.0. The van der Waals surface area contributed by atoms with Gasteiger partial charge in [0.05, 0.1) is 17.5 Å². The average molecular weight is 462 g/mol. The van der Waals surface area contributed by atoms with Gasteiger partial charge < -0.3 is 19.3 Å². The minimum Gasteiger partial charge on any atom is -0.444 e. The lowest BCUT2D eigenvalue weighted by Gasteiger charge is -2.36. The zero-order valence-corrected chi connectivity index (χ0v) is 19.6. The predicted octanol–water partition coefficient (Wildman–Crippen LogP) is 2.35. The highest BCUT2D eigenvalue weighted by Gasteiger charge is 2.47. The van der Waals surface area contributed by atoms with E-state index in [1.165, 1.54) is 12.1 Å². The lowest BCUT2D eigenvalue weighted by Crippen LogP contribution is -2.50. The van der Waals surface area contributed by atoms with Gasteiger partial charge in [-0.05, 0) is 53.2 Å². The molecule has 0 saturated carbocycles. The lowest BCUT2D eigenvalue weighted by atomic mass is 10.1. The number of ether oxygens (including phenoxy) is 1. The standard InChI is InChI=1S/C22H31N5O6/c1-14(2)23-26(8-9-28)20(29)18-11-15(6-7-19(18)27(31)32)24-12-17-10-16(24)13-25(17)21(30)33-22(3,4)5/h6-7,9,11,14,16-17,23H,8,10,12-13H2,1-5H3/t16-,17-/m0/s1. The maximum Gasteiger partial charge on any atom is 0.410 e. The van der Waals surface area contributed by atoms with Crippen LogP contribution in [-0.2, 0) is 9.53 Å². The predicted molar refractivity (Wildman–Crippen MR) is 121 cm³/mol. The van der Waals surface area contributed by atoms with Gasteiger partial charge in [0.2, 0.25) is 0 Å². The molecule has 2 amide bonds. The molecule has 1 aromatic carbocycles. The van der Waals surface area contributed by atoms with Gasteiger partial charge in [0.1, 0.15) is 17.5 Å². The Morgan fingerprint density at radius 2 is 2.00 bits per heavy atom. The summed E-state index contributed by atoms with van der Waals surface area (Å²) in [7, 11) is 0. The Bertz CT molecular complexity index is 944. The molecule has 2 bridgehead atoms. The van der Waals surface area contributed by atoms with Gasteiger partial charge in [-0.25, -0.2) is 10.2 Å². The number of nitro groups is 1. The first-order valence-electron chi connectivity index (χ1n) is 11.0. The minimum atomic E-state index is -0.649. The number of hydrogen-bond acceptors (Lipinski definition) is 8. The average Bonchev–Trinajstić information content (AvgIpc) is 3.32. The topological polar surface area (TPSA) is 125 Å². The second kappa shape index (κ2) is 9.34. The molecule has 2 fully saturated rings. The molecule has 0 unspecified atom stereocenters. The summed E-state index contributed by atoms with van der Waals surface area (Å²) in [6.07, 6.45) is 0.970. The smallest absolute Gasteiger partial charge is 0.410 e. The van der Waals surface area contributed by atoms with E-state index in [1.807, 2.05) is 20.8 Å². The highest BCUT2D eigenvalue weighted by atomic mass is 16.6. The van der Waals surface area contributed by atoms with E-state index in [4.69, 9.17) is 4.74 Å². The van der Waals surface area contributed by atoms with Crippen LogP contribution in [0.5, 0.6) is 0 Å². The van der Waals surface area contributed by atoms with Crippen molar-refractivity contribution < 1.29 is 24.0 Å². The lowest BCUT2D eigenvalue weighted by molar-refractivity contribution is -0.385. The van der Waals surface area contributed by atoms with E-state index in [0.29, 0.717) is 25.1 Å². The summed E-state index contributed by atoms with van der Waals surface area (Å²) in [4.78, 5) is 51.5. The van der Waals surface area contributed by atoms with Gasteiger partial charge >= 0.3 is 6.09 Å². The number of carbonyl (C=O) groups is 3. The number of anilines is 1. The fourth-order valence-electron chi connectivity index (χ4n) is 4.29. The van der Waals surface area contributed by atoms with E-state index >= 15 is 0 Å². The van der Waals surface area contributed by atoms with Gasteiger partial charge in [0, 0.05) is 36.9 Å². The van der Waals surface area contributed by atoms with Crippen molar-refractivity contribution in [2.75, 3.05) is 24.5 Å². The van der Waals surface area contributed by atoms with Gasteiger partial charge in [0.25, 0.3) is 11.6 Å². The highest BCUT2D eigenvalue weighted by molar-refractivity contribution is 5.99. The van der Waals surface area contributed by atoms with Gasteiger partial charge in [-0.2, -0.15) is 0 Å². The number of nitro benzene ring substituents is 1. The molecule has 0 radical (unpaired) electrons. The Morgan fingerprint density at radius 3 is 2.52 bits per heavy atom. The third-order valence-corrected chi connectivity index (χ3v) is 5.52. The molecular weight excluding hydrogens is 430 g/mol. The van der Waals surface area contributed by atoms with Crippen LogP contribution in [-0.4, -0.2) is 76.5 Å². The minimum absolute atomic E-state index is 0.0202. The summed E-state index contributed by atoms with van der Waals surface area (Å²) >= 11 is 0. The van der Waals surface area contributed by atoms with E-state index < -0.39 is 16.4 Å². The van der Waals surface area contributed by atoms with Crippen LogP contribution in [0.4, 0.5) is 16.2 Å². The van der Waals surface area contributed by atoms with Crippen molar-refractivity contribution in [3.8, 4) is 0 Å². The van der Waals surface area contributed by atoms with Crippen LogP contribution in [0.2, 0.25) is 0 Å². The zero-order valence-electron chi connectivity index (χ0n) is 19.6. The fraction of sp³-hybridized carbons (Fsp3) is 0.591. The van der Waals surface area contributed by atoms with E-state index in [2.05, 4.69) is 10.3 Å². The highest BCUT2D eigenvalue weighted by Crippen LogP contribution is 2.37. The molecule has 3 rings (SSSR count). The number of hydrogen-bond donors (Lipinski definition) is 1. The third kappa shape index (κ3) is 5.41. The first kappa shape index (κ1) is 24.4. The number of hydrazine groups is 1. The number of carbonyl (C=O) groups excluding carboxylic acids is 3. The molecule has 0 spiro atoms. The molecule has 0 aliphatic carbocycles. The third-order valence-electron chi connectivity index (χ3n) is 5.52. The molecule has 33 heavy (non-hydrogen) atoms. The number of nitrogens with one attached hydrogen (secondary N) is 1. The Labute approximate surface area is 192 Å². The fourth-order valence-corrected chi connectivity index (χ4v) is 4.29. The molecule has 11 heteroatoms. The van der Waals surface area contributed by atoms with Crippen molar-refractivity contribution in [2.45, 2.75) is 64.8 Å². The number of rotatable bonds is 7. The number of piperazine rings is 1. The quantitative estimate of drug-likeness (QED) is 0.373. The summed E-state index contributed by atoms with van der Waals surface area (Å²) in [6.45, 7) is 9.84. The van der Waals surface area contributed by atoms with Gasteiger partial charge in [-0.15, -0.1) is 0 Å². The summed E-state index contributed by atoms with van der Waals surface area (Å²) < 4.78 is 5.50. The second-order valence-corrected chi connectivity index (χ2v) is 9.65. The number of fused-ring (bicyclic) bond motifs is 2. The van der Waals surface area contributed by atoms with Gasteiger partial charge in [0.15, 0.2) is 0 Å². The summed E-state index contributed by atoms with van der Waals surface area (Å²) in [5.74, 6) is -0.649. The molecule has 1 aromatic rings. The summed E-state index contributed by atoms with van der Waals surface area (Å²) in [5, 5.41) is 12.7. The molecule has 0 aromatic heterocycles. The van der Waals surface area contributed by atoms with Crippen LogP contribution in [0.3, 0.4) is 0 Å². The van der Waals surface area contributed by atoms with Crippen LogP contribution in [0.25, 0.3) is 0 Å². The molecular formula is C22H31N5O6. The number of likely N-dealkylation sites (tertiary alicyclic amines) is 1. The Hall–Kier alpha value is -3.21. The molecule has 2 atom stereocenters. The van der Waals surface area contributed by atoms with Crippen molar-refractivity contribution in [1.29, 1.82) is 0 Å². The molecule has 2 heterocycles. The van der Waals surface area contributed by atoms with Gasteiger partial charge in [-0.1, -0.05) is 0 Å². The van der Waals surface area contributed by atoms with Gasteiger partial charge in [-0.3, -0.25) is 19.9 Å². The Balaban J connectivity index is 1.84. The molecule has 2 aliphatic heterocycles. The normalized spacial score (nSPS) is 19.7. The van der Waals surface area contributed by atoms with Crippen LogP contribution in [0, 0.1) is 10.1 Å².